The quantitative estimate of drug-likeness (QED) is 0.300. The number of thiazole rings is 1. The van der Waals surface area contributed by atoms with Gasteiger partial charge in [0, 0.05) is 22.6 Å². The van der Waals surface area contributed by atoms with Crippen LogP contribution in [0.1, 0.15) is 5.56 Å². The lowest BCUT2D eigenvalue weighted by Crippen LogP contribution is -1.94. The first-order valence-electron chi connectivity index (χ1n) is 8.71. The number of ether oxygens (including phenoxy) is 1. The Bertz CT molecular complexity index is 1150. The van der Waals surface area contributed by atoms with Crippen LogP contribution >= 0.6 is 11.3 Å². The summed E-state index contributed by atoms with van der Waals surface area (Å²) >= 11 is 1.44. The van der Waals surface area contributed by atoms with Crippen LogP contribution in [0.4, 0.5) is 13.9 Å². The van der Waals surface area contributed by atoms with E-state index in [1.807, 2.05) is 41.8 Å². The fourth-order valence-electron chi connectivity index (χ4n) is 2.57. The zero-order valence-electron chi connectivity index (χ0n) is 15.0. The number of rotatable bonds is 6. The monoisotopic (exact) mass is 407 g/mol. The number of para-hydroxylation sites is 1. The number of nitrogens with zero attached hydrogens (tertiary/aromatic N) is 2. The zero-order chi connectivity index (χ0) is 20.1. The van der Waals surface area contributed by atoms with Crippen molar-refractivity contribution in [3.05, 3.63) is 95.4 Å². The Labute approximate surface area is 170 Å². The molecule has 0 radical (unpaired) electrons. The molecule has 144 valence electrons. The van der Waals surface area contributed by atoms with Gasteiger partial charge in [-0.25, -0.2) is 13.8 Å². The third kappa shape index (κ3) is 4.64. The molecule has 0 unspecified atom stereocenters. The maximum Gasteiger partial charge on any atom is 0.203 e. The SMILES string of the molecule is Fc1ccc(Oc2ccccc2C=NNc2nc(-c3ccccc3)cs2)cc1F. The third-order valence-electron chi connectivity index (χ3n) is 3.98. The van der Waals surface area contributed by atoms with Crippen LogP contribution < -0.4 is 10.2 Å². The average Bonchev–Trinajstić information content (AvgIpc) is 3.22. The summed E-state index contributed by atoms with van der Waals surface area (Å²) in [5.41, 5.74) is 5.48. The lowest BCUT2D eigenvalue weighted by atomic mass is 10.2. The number of benzene rings is 3. The Morgan fingerprint density at radius 2 is 1.72 bits per heavy atom. The summed E-state index contributed by atoms with van der Waals surface area (Å²) in [5.74, 6) is -1.22. The minimum atomic E-state index is -0.965. The van der Waals surface area contributed by atoms with Crippen LogP contribution in [0.3, 0.4) is 0 Å². The normalized spacial score (nSPS) is 11.0. The van der Waals surface area contributed by atoms with Crippen molar-refractivity contribution in [2.24, 2.45) is 5.10 Å². The summed E-state index contributed by atoms with van der Waals surface area (Å²) in [7, 11) is 0. The van der Waals surface area contributed by atoms with Gasteiger partial charge in [0.1, 0.15) is 11.5 Å². The van der Waals surface area contributed by atoms with E-state index in [0.29, 0.717) is 16.4 Å². The van der Waals surface area contributed by atoms with Crippen LogP contribution in [0.5, 0.6) is 11.5 Å². The molecule has 0 aliphatic carbocycles. The van der Waals surface area contributed by atoms with Crippen LogP contribution in [0.15, 0.2) is 83.3 Å². The maximum atomic E-state index is 13.4. The standard InChI is InChI=1S/C22H15F2N3OS/c23-18-11-10-17(12-19(18)24)28-21-9-5-4-8-16(21)13-25-27-22-26-20(14-29-22)15-6-2-1-3-7-15/h1-14H,(H,26,27). The first-order chi connectivity index (χ1) is 14.2. The summed E-state index contributed by atoms with van der Waals surface area (Å²) in [4.78, 5) is 4.51. The highest BCUT2D eigenvalue weighted by Gasteiger charge is 2.07. The lowest BCUT2D eigenvalue weighted by Gasteiger charge is -2.08. The van der Waals surface area contributed by atoms with Gasteiger partial charge in [-0.2, -0.15) is 5.10 Å². The van der Waals surface area contributed by atoms with Gasteiger partial charge in [0.15, 0.2) is 11.6 Å². The molecule has 1 aromatic heterocycles. The largest absolute Gasteiger partial charge is 0.457 e. The van der Waals surface area contributed by atoms with Crippen LogP contribution in [-0.4, -0.2) is 11.2 Å². The highest BCUT2D eigenvalue weighted by Crippen LogP contribution is 2.26. The fourth-order valence-corrected chi connectivity index (χ4v) is 3.24. The number of hydrogen-bond acceptors (Lipinski definition) is 5. The number of aromatic nitrogens is 1. The van der Waals surface area contributed by atoms with Gasteiger partial charge >= 0.3 is 0 Å². The second-order valence-electron chi connectivity index (χ2n) is 5.99. The molecular formula is C22H15F2N3OS. The summed E-state index contributed by atoms with van der Waals surface area (Å²) in [6, 6.07) is 20.4. The van der Waals surface area contributed by atoms with Crippen molar-refractivity contribution < 1.29 is 13.5 Å². The molecule has 0 aliphatic rings. The number of hydrazone groups is 1. The lowest BCUT2D eigenvalue weighted by molar-refractivity contribution is 0.461. The predicted octanol–water partition coefficient (Wildman–Crippen LogP) is 6.33. The minimum Gasteiger partial charge on any atom is -0.457 e. The smallest absolute Gasteiger partial charge is 0.203 e. The van der Waals surface area contributed by atoms with Crippen LogP contribution in [0, 0.1) is 11.6 Å². The average molecular weight is 407 g/mol. The van der Waals surface area contributed by atoms with Gasteiger partial charge in [-0.15, -0.1) is 11.3 Å². The Hall–Kier alpha value is -3.58. The van der Waals surface area contributed by atoms with E-state index < -0.39 is 11.6 Å². The van der Waals surface area contributed by atoms with E-state index in [0.717, 1.165) is 23.4 Å². The Balaban J connectivity index is 1.46. The third-order valence-corrected chi connectivity index (χ3v) is 4.72. The minimum absolute atomic E-state index is 0.199. The maximum absolute atomic E-state index is 13.4. The van der Waals surface area contributed by atoms with E-state index in [4.69, 9.17) is 4.74 Å². The molecule has 0 atom stereocenters. The van der Waals surface area contributed by atoms with E-state index in [-0.39, 0.29) is 5.75 Å². The number of anilines is 1. The molecular weight excluding hydrogens is 392 g/mol. The summed E-state index contributed by atoms with van der Waals surface area (Å²) < 4.78 is 32.2. The van der Waals surface area contributed by atoms with Crippen molar-refractivity contribution in [2.45, 2.75) is 0 Å². The molecule has 29 heavy (non-hydrogen) atoms. The van der Waals surface area contributed by atoms with Gasteiger partial charge in [0.2, 0.25) is 5.13 Å². The molecule has 0 spiro atoms. The fraction of sp³-hybridized carbons (Fsp3) is 0. The topological polar surface area (TPSA) is 46.5 Å². The number of nitrogens with one attached hydrogen (secondary N) is 1. The van der Waals surface area contributed by atoms with E-state index in [1.54, 1.807) is 24.4 Å². The van der Waals surface area contributed by atoms with Crippen molar-refractivity contribution in [3.8, 4) is 22.8 Å². The van der Waals surface area contributed by atoms with E-state index in [1.165, 1.54) is 17.4 Å². The van der Waals surface area contributed by atoms with Crippen LogP contribution in [-0.2, 0) is 0 Å². The number of halogens is 2. The van der Waals surface area contributed by atoms with Gasteiger partial charge in [-0.3, -0.25) is 5.43 Å². The molecule has 4 nitrogen and oxygen atoms in total. The highest BCUT2D eigenvalue weighted by molar-refractivity contribution is 7.14. The molecule has 4 rings (SSSR count). The zero-order valence-corrected chi connectivity index (χ0v) is 15.9. The van der Waals surface area contributed by atoms with Gasteiger partial charge in [0.05, 0.1) is 11.9 Å². The first-order valence-corrected chi connectivity index (χ1v) is 9.59. The van der Waals surface area contributed by atoms with Crippen LogP contribution in [0.25, 0.3) is 11.3 Å². The molecule has 0 saturated carbocycles. The molecule has 0 bridgehead atoms. The summed E-state index contributed by atoms with van der Waals surface area (Å²) in [6.07, 6.45) is 1.58. The van der Waals surface area contributed by atoms with Gasteiger partial charge in [-0.1, -0.05) is 42.5 Å². The molecule has 3 aromatic carbocycles. The molecule has 0 aliphatic heterocycles. The second-order valence-corrected chi connectivity index (χ2v) is 6.85. The van der Waals surface area contributed by atoms with E-state index in [9.17, 15) is 8.78 Å². The Morgan fingerprint density at radius 3 is 2.55 bits per heavy atom. The van der Waals surface area contributed by atoms with Crippen molar-refractivity contribution in [1.29, 1.82) is 0 Å². The van der Waals surface area contributed by atoms with Crippen molar-refractivity contribution in [1.82, 2.24) is 4.98 Å². The number of hydrogen-bond donors (Lipinski definition) is 1. The molecule has 0 amide bonds. The van der Waals surface area contributed by atoms with Gasteiger partial charge in [0.25, 0.3) is 0 Å². The predicted molar refractivity (Wildman–Crippen MR) is 112 cm³/mol. The Kier molecular flexibility index (Phi) is 5.58. The van der Waals surface area contributed by atoms with Crippen molar-refractivity contribution in [3.63, 3.8) is 0 Å². The second kappa shape index (κ2) is 8.62. The van der Waals surface area contributed by atoms with E-state index in [2.05, 4.69) is 15.5 Å². The molecule has 0 saturated heterocycles. The van der Waals surface area contributed by atoms with E-state index >= 15 is 0 Å². The van der Waals surface area contributed by atoms with Gasteiger partial charge < -0.3 is 4.74 Å². The molecule has 4 aromatic rings. The Morgan fingerprint density at radius 1 is 0.931 bits per heavy atom. The first kappa shape index (κ1) is 18.8. The van der Waals surface area contributed by atoms with Crippen molar-refractivity contribution in [2.75, 3.05) is 5.43 Å². The molecule has 0 fully saturated rings. The summed E-state index contributed by atoms with van der Waals surface area (Å²) in [5, 5.41) is 6.82. The highest BCUT2D eigenvalue weighted by atomic mass is 32.1. The molecule has 1 heterocycles. The summed E-state index contributed by atoms with van der Waals surface area (Å²) in [6.45, 7) is 0. The van der Waals surface area contributed by atoms with Crippen LogP contribution in [0.2, 0.25) is 0 Å². The van der Waals surface area contributed by atoms with Gasteiger partial charge in [-0.05, 0) is 24.3 Å². The molecule has 1 N–H and O–H groups in total. The molecule has 7 heteroatoms. The van der Waals surface area contributed by atoms with Crippen molar-refractivity contribution >= 4 is 22.7 Å².